The second-order valence-corrected chi connectivity index (χ2v) is 3.30. The van der Waals surface area contributed by atoms with Gasteiger partial charge in [-0.05, 0) is 18.2 Å². The number of halogens is 1. The summed E-state index contributed by atoms with van der Waals surface area (Å²) in [6, 6.07) is 7.67. The average molecular weight is 196 g/mol. The van der Waals surface area contributed by atoms with E-state index in [1.165, 1.54) is 0 Å². The van der Waals surface area contributed by atoms with Gasteiger partial charge in [-0.25, -0.2) is 0 Å². The summed E-state index contributed by atoms with van der Waals surface area (Å²) in [5, 5.41) is 4.49. The highest BCUT2D eigenvalue weighted by Crippen LogP contribution is 2.19. The maximum atomic E-state index is 5.87. The Bertz CT molecular complexity index is 337. The first-order chi connectivity index (χ1) is 6.25. The summed E-state index contributed by atoms with van der Waals surface area (Å²) in [5.74, 6) is 0. The molecule has 1 aromatic rings. The molecule has 1 aliphatic heterocycles. The number of hydrogen-bond donors (Lipinski definition) is 1. The molecule has 0 aliphatic carbocycles. The molecule has 4 heteroatoms. The lowest BCUT2D eigenvalue weighted by atomic mass is 10.3. The van der Waals surface area contributed by atoms with Gasteiger partial charge < -0.3 is 0 Å². The van der Waals surface area contributed by atoms with Crippen LogP contribution in [0.3, 0.4) is 0 Å². The summed E-state index contributed by atoms with van der Waals surface area (Å²) < 4.78 is 0. The summed E-state index contributed by atoms with van der Waals surface area (Å²) >= 11 is 5.87. The first-order valence-electron chi connectivity index (χ1n) is 3.98. The molecule has 1 aromatic carbocycles. The molecule has 0 aromatic heterocycles. The second kappa shape index (κ2) is 3.28. The molecule has 0 unspecified atom stereocenters. The van der Waals surface area contributed by atoms with Gasteiger partial charge in [0, 0.05) is 24.5 Å². The van der Waals surface area contributed by atoms with Gasteiger partial charge in [-0.15, -0.1) is 5.53 Å². The third-order valence-corrected chi connectivity index (χ3v) is 2.03. The van der Waals surface area contributed by atoms with Crippen molar-refractivity contribution in [3.8, 4) is 0 Å². The number of nitrogens with zero attached hydrogens (tertiary/aromatic N) is 2. The molecule has 3 nitrogen and oxygen atoms in total. The van der Waals surface area contributed by atoms with Crippen molar-refractivity contribution in [3.05, 3.63) is 41.7 Å². The highest BCUT2D eigenvalue weighted by Gasteiger charge is 2.09. The predicted octanol–water partition coefficient (Wildman–Crippen LogP) is 1.98. The van der Waals surface area contributed by atoms with E-state index in [1.807, 2.05) is 53.7 Å². The van der Waals surface area contributed by atoms with Crippen LogP contribution in [0.1, 0.15) is 0 Å². The Hall–Kier alpha value is -1.19. The Balaban J connectivity index is 2.22. The van der Waals surface area contributed by atoms with Crippen molar-refractivity contribution in [1.29, 1.82) is 0 Å². The third-order valence-electron chi connectivity index (χ3n) is 1.79. The van der Waals surface area contributed by atoms with E-state index in [2.05, 4.69) is 5.53 Å². The summed E-state index contributed by atoms with van der Waals surface area (Å²) in [6.45, 7) is 0. The highest BCUT2D eigenvalue weighted by atomic mass is 35.5. The number of anilines is 1. The summed E-state index contributed by atoms with van der Waals surface area (Å²) in [5.41, 5.74) is 4.12. The van der Waals surface area contributed by atoms with Crippen molar-refractivity contribution >= 4 is 17.3 Å². The van der Waals surface area contributed by atoms with E-state index in [-0.39, 0.29) is 0 Å². The molecule has 0 saturated heterocycles. The summed E-state index contributed by atoms with van der Waals surface area (Å²) in [4.78, 5) is 0. The molecular formula is C9H10ClN3. The van der Waals surface area contributed by atoms with Gasteiger partial charge in [-0.3, -0.25) is 10.0 Å². The summed E-state index contributed by atoms with van der Waals surface area (Å²) in [7, 11) is 1.93. The minimum absolute atomic E-state index is 0.738. The van der Waals surface area contributed by atoms with Crippen molar-refractivity contribution in [1.82, 2.24) is 10.5 Å². The maximum absolute atomic E-state index is 5.87. The van der Waals surface area contributed by atoms with E-state index in [1.54, 1.807) is 0 Å². The molecule has 68 valence electrons. The van der Waals surface area contributed by atoms with Crippen LogP contribution in [0.25, 0.3) is 0 Å². The van der Waals surface area contributed by atoms with Gasteiger partial charge >= 0.3 is 0 Å². The number of hydrazine groups is 2. The van der Waals surface area contributed by atoms with E-state index in [0.717, 1.165) is 10.7 Å². The number of nitrogens with one attached hydrogen (secondary N) is 1. The smallest absolute Gasteiger partial charge is 0.0604 e. The fraction of sp³-hybridized carbons (Fsp3) is 0.111. The van der Waals surface area contributed by atoms with Gasteiger partial charge in [0.2, 0.25) is 0 Å². The maximum Gasteiger partial charge on any atom is 0.0604 e. The van der Waals surface area contributed by atoms with Crippen LogP contribution in [-0.2, 0) is 0 Å². The van der Waals surface area contributed by atoms with Crippen LogP contribution >= 0.6 is 11.6 Å². The molecule has 2 rings (SSSR count). The lowest BCUT2D eigenvalue weighted by molar-refractivity contribution is 0.359. The Morgan fingerprint density at radius 3 is 2.77 bits per heavy atom. The van der Waals surface area contributed by atoms with E-state index < -0.39 is 0 Å². The lowest BCUT2D eigenvalue weighted by Gasteiger charge is -2.19. The molecule has 0 bridgehead atoms. The van der Waals surface area contributed by atoms with Crippen LogP contribution in [0.2, 0.25) is 5.02 Å². The fourth-order valence-corrected chi connectivity index (χ4v) is 1.36. The van der Waals surface area contributed by atoms with Crippen molar-refractivity contribution in [3.63, 3.8) is 0 Å². The minimum atomic E-state index is 0.738. The lowest BCUT2D eigenvalue weighted by Crippen LogP contribution is -2.36. The van der Waals surface area contributed by atoms with Gasteiger partial charge in [0.15, 0.2) is 0 Å². The molecule has 13 heavy (non-hydrogen) atoms. The molecule has 0 spiro atoms. The van der Waals surface area contributed by atoms with Crippen molar-refractivity contribution < 1.29 is 0 Å². The van der Waals surface area contributed by atoms with Crippen LogP contribution in [0.5, 0.6) is 0 Å². The number of benzene rings is 1. The zero-order valence-corrected chi connectivity index (χ0v) is 7.99. The van der Waals surface area contributed by atoms with Crippen LogP contribution in [0.15, 0.2) is 36.7 Å². The van der Waals surface area contributed by atoms with E-state index in [9.17, 15) is 0 Å². The van der Waals surface area contributed by atoms with E-state index in [0.29, 0.717) is 0 Å². The van der Waals surface area contributed by atoms with Gasteiger partial charge in [-0.1, -0.05) is 17.7 Å². The van der Waals surface area contributed by atoms with Gasteiger partial charge in [-0.2, -0.15) is 0 Å². The second-order valence-electron chi connectivity index (χ2n) is 2.86. The molecular weight excluding hydrogens is 186 g/mol. The molecule has 0 amide bonds. The van der Waals surface area contributed by atoms with Crippen LogP contribution in [0.4, 0.5) is 5.69 Å². The topological polar surface area (TPSA) is 18.5 Å². The van der Waals surface area contributed by atoms with E-state index >= 15 is 0 Å². The first kappa shape index (κ1) is 8.41. The minimum Gasteiger partial charge on any atom is -0.299 e. The van der Waals surface area contributed by atoms with Crippen LogP contribution in [0, 0.1) is 0 Å². The highest BCUT2D eigenvalue weighted by molar-refractivity contribution is 6.30. The molecule has 1 aliphatic rings. The number of hydrogen-bond acceptors (Lipinski definition) is 3. The van der Waals surface area contributed by atoms with Gasteiger partial charge in [0.05, 0.1) is 5.69 Å². The van der Waals surface area contributed by atoms with E-state index in [4.69, 9.17) is 11.6 Å². The fourth-order valence-electron chi connectivity index (χ4n) is 1.17. The molecule has 0 atom stereocenters. The molecule has 0 saturated carbocycles. The molecule has 1 N–H and O–H groups in total. The molecule has 1 heterocycles. The Morgan fingerprint density at radius 2 is 2.15 bits per heavy atom. The zero-order valence-electron chi connectivity index (χ0n) is 7.24. The largest absolute Gasteiger partial charge is 0.299 e. The average Bonchev–Trinajstić information content (AvgIpc) is 2.52. The zero-order chi connectivity index (χ0) is 9.26. The van der Waals surface area contributed by atoms with Crippen molar-refractivity contribution in [2.75, 3.05) is 12.1 Å². The monoisotopic (exact) mass is 195 g/mol. The normalized spacial score (nSPS) is 15.5. The Kier molecular flexibility index (Phi) is 2.12. The SMILES string of the molecule is CN1C=CN(c2cccc(Cl)c2)N1. The van der Waals surface area contributed by atoms with Crippen LogP contribution in [-0.4, -0.2) is 12.1 Å². The Labute approximate surface area is 82.1 Å². The molecule has 0 fully saturated rings. The Morgan fingerprint density at radius 1 is 1.31 bits per heavy atom. The van der Waals surface area contributed by atoms with Crippen molar-refractivity contribution in [2.45, 2.75) is 0 Å². The van der Waals surface area contributed by atoms with Gasteiger partial charge in [0.1, 0.15) is 0 Å². The van der Waals surface area contributed by atoms with Crippen molar-refractivity contribution in [2.24, 2.45) is 0 Å². The predicted molar refractivity (Wildman–Crippen MR) is 54.0 cm³/mol. The summed E-state index contributed by atoms with van der Waals surface area (Å²) in [6.07, 6.45) is 3.87. The van der Waals surface area contributed by atoms with Crippen LogP contribution < -0.4 is 10.5 Å². The number of rotatable bonds is 1. The first-order valence-corrected chi connectivity index (χ1v) is 4.36. The molecule has 0 radical (unpaired) electrons. The third kappa shape index (κ3) is 1.76. The van der Waals surface area contributed by atoms with Gasteiger partial charge in [0.25, 0.3) is 0 Å². The standard InChI is InChI=1S/C9H10ClN3/c1-12-5-6-13(11-12)9-4-2-3-8(10)7-9/h2-7,11H,1H3. The quantitative estimate of drug-likeness (QED) is 0.740.